The summed E-state index contributed by atoms with van der Waals surface area (Å²) in [6, 6.07) is 0.595. The van der Waals surface area contributed by atoms with E-state index in [1.807, 2.05) is 11.8 Å². The minimum Gasteiger partial charge on any atom is -0.370 e. The summed E-state index contributed by atoms with van der Waals surface area (Å²) < 4.78 is 5.05. The van der Waals surface area contributed by atoms with E-state index in [2.05, 4.69) is 12.2 Å². The van der Waals surface area contributed by atoms with Crippen LogP contribution in [0.15, 0.2) is 0 Å². The smallest absolute Gasteiger partial charge is 0.243 e. The Morgan fingerprint density at radius 2 is 2.50 bits per heavy atom. The predicted octanol–water partition coefficient (Wildman–Crippen LogP) is -0.0281. The van der Waals surface area contributed by atoms with Crippen LogP contribution in [0.4, 0.5) is 0 Å². The van der Waals surface area contributed by atoms with E-state index in [0.29, 0.717) is 17.9 Å². The summed E-state index contributed by atoms with van der Waals surface area (Å²) in [4.78, 5) is 10.3. The third-order valence-corrected chi connectivity index (χ3v) is 3.60. The highest BCUT2D eigenvalue weighted by Gasteiger charge is 2.22. The molecular weight excluding hydrogens is 200 g/mol. The standard InChI is InChI=1S/C9H18N2O2S/c1-7-8(2-5-14-7)11-3-4-13-6-9(10)12/h7-8,11H,2-6H2,1H3,(H2,10,12). The van der Waals surface area contributed by atoms with E-state index in [0.717, 1.165) is 6.54 Å². The number of hydrogen-bond donors (Lipinski definition) is 2. The predicted molar refractivity (Wildman–Crippen MR) is 58.3 cm³/mol. The molecule has 1 aliphatic rings. The van der Waals surface area contributed by atoms with Crippen molar-refractivity contribution < 1.29 is 9.53 Å². The summed E-state index contributed by atoms with van der Waals surface area (Å²) in [5.41, 5.74) is 4.93. The van der Waals surface area contributed by atoms with E-state index >= 15 is 0 Å². The van der Waals surface area contributed by atoms with E-state index in [1.54, 1.807) is 0 Å². The lowest BCUT2D eigenvalue weighted by Crippen LogP contribution is -2.36. The lowest BCUT2D eigenvalue weighted by molar-refractivity contribution is -0.122. The second-order valence-corrected chi connectivity index (χ2v) is 4.93. The average molecular weight is 218 g/mol. The summed E-state index contributed by atoms with van der Waals surface area (Å²) in [5, 5.41) is 4.09. The molecule has 0 saturated carbocycles. The van der Waals surface area contributed by atoms with Crippen molar-refractivity contribution in [3.63, 3.8) is 0 Å². The van der Waals surface area contributed by atoms with Gasteiger partial charge in [0.1, 0.15) is 6.61 Å². The van der Waals surface area contributed by atoms with Gasteiger partial charge in [-0.15, -0.1) is 0 Å². The molecule has 82 valence electrons. The summed E-state index contributed by atoms with van der Waals surface area (Å²) >= 11 is 2.00. The van der Waals surface area contributed by atoms with Crippen LogP contribution in [0.3, 0.4) is 0 Å². The zero-order chi connectivity index (χ0) is 10.4. The van der Waals surface area contributed by atoms with Gasteiger partial charge in [0.05, 0.1) is 6.61 Å². The molecule has 3 N–H and O–H groups in total. The molecule has 1 rings (SSSR count). The molecular formula is C9H18N2O2S. The zero-order valence-corrected chi connectivity index (χ0v) is 9.31. The fourth-order valence-electron chi connectivity index (χ4n) is 1.49. The van der Waals surface area contributed by atoms with Crippen LogP contribution in [0.1, 0.15) is 13.3 Å². The van der Waals surface area contributed by atoms with Crippen LogP contribution in [-0.4, -0.2) is 42.7 Å². The van der Waals surface area contributed by atoms with Crippen molar-refractivity contribution in [1.29, 1.82) is 0 Å². The molecule has 0 bridgehead atoms. The van der Waals surface area contributed by atoms with Crippen LogP contribution >= 0.6 is 11.8 Å². The third kappa shape index (κ3) is 4.30. The summed E-state index contributed by atoms with van der Waals surface area (Å²) in [5.74, 6) is 0.829. The monoisotopic (exact) mass is 218 g/mol. The summed E-state index contributed by atoms with van der Waals surface area (Å²) in [6.45, 7) is 3.61. The zero-order valence-electron chi connectivity index (χ0n) is 8.49. The van der Waals surface area contributed by atoms with Gasteiger partial charge in [0.25, 0.3) is 0 Å². The highest BCUT2D eigenvalue weighted by Crippen LogP contribution is 2.25. The number of carbonyl (C=O) groups is 1. The number of primary amides is 1. The van der Waals surface area contributed by atoms with Gasteiger partial charge in [0.15, 0.2) is 0 Å². The van der Waals surface area contributed by atoms with E-state index in [-0.39, 0.29) is 6.61 Å². The molecule has 2 atom stereocenters. The summed E-state index contributed by atoms with van der Waals surface area (Å²) in [7, 11) is 0. The molecule has 0 aromatic rings. The molecule has 4 nitrogen and oxygen atoms in total. The minimum atomic E-state index is -0.408. The maximum absolute atomic E-state index is 10.3. The van der Waals surface area contributed by atoms with Gasteiger partial charge in [-0.2, -0.15) is 11.8 Å². The molecule has 2 unspecified atom stereocenters. The first-order valence-electron chi connectivity index (χ1n) is 4.91. The number of hydrogen-bond acceptors (Lipinski definition) is 4. The Bertz CT molecular complexity index is 190. The molecule has 1 amide bonds. The van der Waals surface area contributed by atoms with Crippen molar-refractivity contribution in [2.24, 2.45) is 5.73 Å². The van der Waals surface area contributed by atoms with Gasteiger partial charge in [-0.25, -0.2) is 0 Å². The normalized spacial score (nSPS) is 26.6. The first-order chi connectivity index (χ1) is 6.70. The second kappa shape index (κ2) is 6.27. The van der Waals surface area contributed by atoms with Gasteiger partial charge in [0, 0.05) is 17.8 Å². The SMILES string of the molecule is CC1SCCC1NCCOCC(N)=O. The van der Waals surface area contributed by atoms with Crippen molar-refractivity contribution in [1.82, 2.24) is 5.32 Å². The molecule has 0 aromatic carbocycles. The van der Waals surface area contributed by atoms with Crippen LogP contribution in [0.5, 0.6) is 0 Å². The van der Waals surface area contributed by atoms with Gasteiger partial charge in [-0.3, -0.25) is 4.79 Å². The Balaban J connectivity index is 1.95. The first kappa shape index (κ1) is 11.8. The van der Waals surface area contributed by atoms with Gasteiger partial charge < -0.3 is 15.8 Å². The van der Waals surface area contributed by atoms with Crippen LogP contribution in [0, 0.1) is 0 Å². The van der Waals surface area contributed by atoms with Crippen LogP contribution in [0.25, 0.3) is 0 Å². The van der Waals surface area contributed by atoms with Crippen LogP contribution < -0.4 is 11.1 Å². The number of nitrogens with one attached hydrogen (secondary N) is 1. The second-order valence-electron chi connectivity index (χ2n) is 3.44. The molecule has 14 heavy (non-hydrogen) atoms. The van der Waals surface area contributed by atoms with Crippen molar-refractivity contribution in [2.45, 2.75) is 24.6 Å². The topological polar surface area (TPSA) is 64.3 Å². The van der Waals surface area contributed by atoms with Crippen molar-refractivity contribution in [3.05, 3.63) is 0 Å². The largest absolute Gasteiger partial charge is 0.370 e. The third-order valence-electron chi connectivity index (χ3n) is 2.27. The average Bonchev–Trinajstić information content (AvgIpc) is 2.51. The van der Waals surface area contributed by atoms with Gasteiger partial charge in [-0.05, 0) is 12.2 Å². The molecule has 0 radical (unpaired) electrons. The quantitative estimate of drug-likeness (QED) is 0.615. The Kier molecular flexibility index (Phi) is 5.29. The molecule has 1 saturated heterocycles. The van der Waals surface area contributed by atoms with Crippen molar-refractivity contribution in [2.75, 3.05) is 25.5 Å². The van der Waals surface area contributed by atoms with E-state index < -0.39 is 5.91 Å². The summed E-state index contributed by atoms with van der Waals surface area (Å²) in [6.07, 6.45) is 1.22. The van der Waals surface area contributed by atoms with Crippen LogP contribution in [-0.2, 0) is 9.53 Å². The molecule has 1 fully saturated rings. The van der Waals surface area contributed by atoms with Gasteiger partial charge in [0.2, 0.25) is 5.91 Å². The molecule has 1 aliphatic heterocycles. The Morgan fingerprint density at radius 1 is 1.71 bits per heavy atom. The van der Waals surface area contributed by atoms with Crippen molar-refractivity contribution in [3.8, 4) is 0 Å². The van der Waals surface area contributed by atoms with E-state index in [9.17, 15) is 4.79 Å². The molecule has 0 aliphatic carbocycles. The number of carbonyl (C=O) groups excluding carboxylic acids is 1. The van der Waals surface area contributed by atoms with Gasteiger partial charge >= 0.3 is 0 Å². The molecule has 0 aromatic heterocycles. The molecule has 1 heterocycles. The van der Waals surface area contributed by atoms with Crippen LogP contribution in [0.2, 0.25) is 0 Å². The lowest BCUT2D eigenvalue weighted by atomic mass is 10.2. The maximum atomic E-state index is 10.3. The molecule has 0 spiro atoms. The number of ether oxygens (including phenoxy) is 1. The lowest BCUT2D eigenvalue weighted by Gasteiger charge is -2.15. The van der Waals surface area contributed by atoms with Gasteiger partial charge in [-0.1, -0.05) is 6.92 Å². The molecule has 5 heteroatoms. The Hall–Kier alpha value is -0.260. The fourth-order valence-corrected chi connectivity index (χ4v) is 2.72. The Morgan fingerprint density at radius 3 is 3.07 bits per heavy atom. The number of amides is 1. The minimum absolute atomic E-state index is 0.0245. The number of nitrogens with two attached hydrogens (primary N) is 1. The van der Waals surface area contributed by atoms with E-state index in [1.165, 1.54) is 12.2 Å². The number of rotatable bonds is 6. The highest BCUT2D eigenvalue weighted by atomic mass is 32.2. The maximum Gasteiger partial charge on any atom is 0.243 e. The first-order valence-corrected chi connectivity index (χ1v) is 5.96. The van der Waals surface area contributed by atoms with Crippen molar-refractivity contribution >= 4 is 17.7 Å². The Labute approximate surface area is 88.9 Å². The number of thioether (sulfide) groups is 1. The van der Waals surface area contributed by atoms with E-state index in [4.69, 9.17) is 10.5 Å². The highest BCUT2D eigenvalue weighted by molar-refractivity contribution is 8.00. The fraction of sp³-hybridized carbons (Fsp3) is 0.889.